The van der Waals surface area contributed by atoms with E-state index in [4.69, 9.17) is 15.7 Å². The molecule has 1 rings (SSSR count). The second-order valence-corrected chi connectivity index (χ2v) is 5.33. The molecule has 6 heteroatoms. The first kappa shape index (κ1) is 17.0. The van der Waals surface area contributed by atoms with Crippen LogP contribution in [0.15, 0.2) is 29.4 Å². The lowest BCUT2D eigenvalue weighted by Crippen LogP contribution is -2.41. The number of carbonyl (C=O) groups excluding carboxylic acids is 1. The van der Waals surface area contributed by atoms with E-state index >= 15 is 0 Å². The standard InChI is InChI=1S/C15H23N3O3/c1-4-21-15(2,3)10-17-13(19)9-11-5-7-12(8-6-11)14(16)18-20/h5-8,20H,4,9-10H2,1-3H3,(H2,16,18)(H,17,19). The van der Waals surface area contributed by atoms with Crippen LogP contribution in [0.5, 0.6) is 0 Å². The molecule has 1 amide bonds. The van der Waals surface area contributed by atoms with Crippen molar-refractivity contribution < 1.29 is 14.7 Å². The highest BCUT2D eigenvalue weighted by Crippen LogP contribution is 2.08. The van der Waals surface area contributed by atoms with Gasteiger partial charge in [0.15, 0.2) is 5.84 Å². The summed E-state index contributed by atoms with van der Waals surface area (Å²) in [6.07, 6.45) is 0.276. The van der Waals surface area contributed by atoms with E-state index in [9.17, 15) is 4.79 Å². The number of amidine groups is 1. The Balaban J connectivity index is 2.52. The van der Waals surface area contributed by atoms with E-state index in [0.29, 0.717) is 18.7 Å². The number of nitrogens with one attached hydrogen (secondary N) is 1. The molecule has 0 fully saturated rings. The molecule has 1 aromatic carbocycles. The molecule has 0 aromatic heterocycles. The van der Waals surface area contributed by atoms with Gasteiger partial charge in [0.25, 0.3) is 0 Å². The molecule has 0 heterocycles. The van der Waals surface area contributed by atoms with E-state index in [1.54, 1.807) is 24.3 Å². The van der Waals surface area contributed by atoms with Gasteiger partial charge < -0.3 is 21.0 Å². The van der Waals surface area contributed by atoms with Crippen molar-refractivity contribution in [2.24, 2.45) is 10.9 Å². The minimum atomic E-state index is -0.375. The van der Waals surface area contributed by atoms with Gasteiger partial charge in [-0.05, 0) is 26.3 Å². The Hall–Kier alpha value is -2.08. The van der Waals surface area contributed by atoms with E-state index < -0.39 is 0 Å². The summed E-state index contributed by atoms with van der Waals surface area (Å²) in [7, 11) is 0. The smallest absolute Gasteiger partial charge is 0.224 e. The summed E-state index contributed by atoms with van der Waals surface area (Å²) in [4.78, 5) is 11.9. The van der Waals surface area contributed by atoms with Gasteiger partial charge in [-0.15, -0.1) is 0 Å². The summed E-state index contributed by atoms with van der Waals surface area (Å²) in [5, 5.41) is 14.4. The topological polar surface area (TPSA) is 96.9 Å². The zero-order chi connectivity index (χ0) is 15.9. The molecule has 0 spiro atoms. The molecule has 0 aliphatic rings. The highest BCUT2D eigenvalue weighted by molar-refractivity contribution is 5.97. The molecule has 4 N–H and O–H groups in total. The number of hydrogen-bond acceptors (Lipinski definition) is 4. The van der Waals surface area contributed by atoms with Crippen LogP contribution in [0.3, 0.4) is 0 Å². The number of amides is 1. The van der Waals surface area contributed by atoms with E-state index in [1.165, 1.54) is 0 Å². The van der Waals surface area contributed by atoms with Gasteiger partial charge in [0.1, 0.15) is 0 Å². The van der Waals surface area contributed by atoms with Crippen molar-refractivity contribution in [3.8, 4) is 0 Å². The zero-order valence-electron chi connectivity index (χ0n) is 12.7. The molecule has 0 saturated heterocycles. The quantitative estimate of drug-likeness (QED) is 0.305. The Morgan fingerprint density at radius 2 is 2.00 bits per heavy atom. The van der Waals surface area contributed by atoms with Crippen LogP contribution in [0, 0.1) is 0 Å². The Labute approximate surface area is 125 Å². The molecule has 0 saturated carbocycles. The fourth-order valence-electron chi connectivity index (χ4n) is 1.85. The Morgan fingerprint density at radius 1 is 1.38 bits per heavy atom. The second-order valence-electron chi connectivity index (χ2n) is 5.33. The Bertz CT molecular complexity index is 495. The predicted molar refractivity (Wildman–Crippen MR) is 81.4 cm³/mol. The van der Waals surface area contributed by atoms with Gasteiger partial charge in [-0.1, -0.05) is 29.4 Å². The van der Waals surface area contributed by atoms with Gasteiger partial charge >= 0.3 is 0 Å². The molecule has 6 nitrogen and oxygen atoms in total. The molecule has 1 aromatic rings. The van der Waals surface area contributed by atoms with Crippen LogP contribution in [0.4, 0.5) is 0 Å². The molecular weight excluding hydrogens is 270 g/mol. The average Bonchev–Trinajstić information content (AvgIpc) is 2.45. The summed E-state index contributed by atoms with van der Waals surface area (Å²) in [6.45, 7) is 6.86. The highest BCUT2D eigenvalue weighted by Gasteiger charge is 2.18. The molecule has 0 unspecified atom stereocenters. The number of nitrogens with two attached hydrogens (primary N) is 1. The maximum atomic E-state index is 11.9. The Morgan fingerprint density at radius 3 is 2.52 bits per heavy atom. The normalized spacial score (nSPS) is 12.2. The van der Waals surface area contributed by atoms with Gasteiger partial charge in [0.05, 0.1) is 12.0 Å². The SMILES string of the molecule is CCOC(C)(C)CNC(=O)Cc1ccc(/C(N)=N/O)cc1. The van der Waals surface area contributed by atoms with Crippen LogP contribution in [0.1, 0.15) is 31.9 Å². The lowest BCUT2D eigenvalue weighted by Gasteiger charge is -2.24. The maximum absolute atomic E-state index is 11.9. The summed E-state index contributed by atoms with van der Waals surface area (Å²) in [6, 6.07) is 6.98. The van der Waals surface area contributed by atoms with Crippen LogP contribution >= 0.6 is 0 Å². The van der Waals surface area contributed by atoms with E-state index in [1.807, 2.05) is 20.8 Å². The van der Waals surface area contributed by atoms with Crippen molar-refractivity contribution in [1.29, 1.82) is 0 Å². The van der Waals surface area contributed by atoms with E-state index in [0.717, 1.165) is 5.56 Å². The van der Waals surface area contributed by atoms with Crippen molar-refractivity contribution in [1.82, 2.24) is 5.32 Å². The van der Waals surface area contributed by atoms with Crippen molar-refractivity contribution in [3.63, 3.8) is 0 Å². The van der Waals surface area contributed by atoms with Crippen LogP contribution in [-0.2, 0) is 16.0 Å². The first-order chi connectivity index (χ1) is 9.88. The third kappa shape index (κ3) is 5.83. The molecule has 21 heavy (non-hydrogen) atoms. The highest BCUT2D eigenvalue weighted by atomic mass is 16.5. The summed E-state index contributed by atoms with van der Waals surface area (Å²) < 4.78 is 5.52. The summed E-state index contributed by atoms with van der Waals surface area (Å²) >= 11 is 0. The summed E-state index contributed by atoms with van der Waals surface area (Å²) in [5.74, 6) is -0.0243. The van der Waals surface area contributed by atoms with Crippen molar-refractivity contribution in [2.75, 3.05) is 13.2 Å². The molecule has 0 bridgehead atoms. The zero-order valence-corrected chi connectivity index (χ0v) is 12.7. The minimum Gasteiger partial charge on any atom is -0.409 e. The third-order valence-electron chi connectivity index (χ3n) is 2.97. The number of hydrogen-bond donors (Lipinski definition) is 3. The van der Waals surface area contributed by atoms with Gasteiger partial charge in [-0.2, -0.15) is 0 Å². The van der Waals surface area contributed by atoms with Crippen LogP contribution in [0.25, 0.3) is 0 Å². The molecule has 116 valence electrons. The largest absolute Gasteiger partial charge is 0.409 e. The molecule has 0 atom stereocenters. The van der Waals surface area contributed by atoms with Crippen LogP contribution in [0.2, 0.25) is 0 Å². The van der Waals surface area contributed by atoms with E-state index in [2.05, 4.69) is 10.5 Å². The fourth-order valence-corrected chi connectivity index (χ4v) is 1.85. The molecule has 0 aliphatic heterocycles. The van der Waals surface area contributed by atoms with E-state index in [-0.39, 0.29) is 23.8 Å². The number of ether oxygens (including phenoxy) is 1. The monoisotopic (exact) mass is 293 g/mol. The maximum Gasteiger partial charge on any atom is 0.224 e. The molecular formula is C15H23N3O3. The number of oxime groups is 1. The second kappa shape index (κ2) is 7.64. The first-order valence-corrected chi connectivity index (χ1v) is 6.85. The molecule has 0 aliphatic carbocycles. The lowest BCUT2D eigenvalue weighted by atomic mass is 10.1. The van der Waals surface area contributed by atoms with Crippen molar-refractivity contribution >= 4 is 11.7 Å². The van der Waals surface area contributed by atoms with Gasteiger partial charge in [-0.25, -0.2) is 0 Å². The predicted octanol–water partition coefficient (Wildman–Crippen LogP) is 1.25. The third-order valence-corrected chi connectivity index (χ3v) is 2.97. The number of nitrogens with zero attached hydrogens (tertiary/aromatic N) is 1. The molecule has 0 radical (unpaired) electrons. The van der Waals surface area contributed by atoms with Gasteiger partial charge in [0.2, 0.25) is 5.91 Å². The number of benzene rings is 1. The number of carbonyl (C=O) groups is 1. The number of rotatable bonds is 7. The van der Waals surface area contributed by atoms with Crippen LogP contribution in [-0.4, -0.2) is 35.7 Å². The summed E-state index contributed by atoms with van der Waals surface area (Å²) in [5.41, 5.74) is 6.57. The van der Waals surface area contributed by atoms with Gasteiger partial charge in [0, 0.05) is 18.7 Å². The van der Waals surface area contributed by atoms with Crippen molar-refractivity contribution in [2.45, 2.75) is 32.8 Å². The lowest BCUT2D eigenvalue weighted by molar-refractivity contribution is -0.122. The van der Waals surface area contributed by atoms with Crippen molar-refractivity contribution in [3.05, 3.63) is 35.4 Å². The first-order valence-electron chi connectivity index (χ1n) is 6.85. The fraction of sp³-hybridized carbons (Fsp3) is 0.467. The minimum absolute atomic E-state index is 0.0458. The average molecular weight is 293 g/mol. The Kier molecular flexibility index (Phi) is 6.17. The van der Waals surface area contributed by atoms with Gasteiger partial charge in [-0.3, -0.25) is 4.79 Å². The van der Waals surface area contributed by atoms with Crippen LogP contribution < -0.4 is 11.1 Å².